The Morgan fingerprint density at radius 2 is 1.72 bits per heavy atom. The molecule has 1 saturated carbocycles. The topological polar surface area (TPSA) is 38.1 Å². The fraction of sp³-hybridized carbons (Fsp3) is 0.238. The fourth-order valence-electron chi connectivity index (χ4n) is 3.14. The lowest BCUT2D eigenvalue weighted by atomic mass is 10.1. The molecule has 1 aliphatic rings. The van der Waals surface area contributed by atoms with Gasteiger partial charge in [0, 0.05) is 12.6 Å². The lowest BCUT2D eigenvalue weighted by molar-refractivity contribution is 0.0729. The summed E-state index contributed by atoms with van der Waals surface area (Å²) in [6.07, 6.45) is 3.87. The summed E-state index contributed by atoms with van der Waals surface area (Å²) in [5.41, 5.74) is 3.71. The molecule has 1 aromatic heterocycles. The summed E-state index contributed by atoms with van der Waals surface area (Å²) in [5, 5.41) is 4.45. The molecule has 0 unspecified atom stereocenters. The van der Waals surface area contributed by atoms with Crippen LogP contribution in [0.1, 0.15) is 34.5 Å². The molecule has 1 amide bonds. The summed E-state index contributed by atoms with van der Waals surface area (Å²) in [6.45, 7) is 2.61. The van der Waals surface area contributed by atoms with Gasteiger partial charge in [-0.3, -0.25) is 4.79 Å². The monoisotopic (exact) mass is 331 g/mol. The average molecular weight is 331 g/mol. The first-order chi connectivity index (χ1) is 12.2. The van der Waals surface area contributed by atoms with Crippen LogP contribution in [-0.2, 0) is 6.54 Å². The highest BCUT2D eigenvalue weighted by atomic mass is 16.2. The van der Waals surface area contributed by atoms with E-state index in [0.717, 1.165) is 29.8 Å². The number of para-hydroxylation sites is 1. The molecule has 25 heavy (non-hydrogen) atoms. The second-order valence-electron chi connectivity index (χ2n) is 6.54. The van der Waals surface area contributed by atoms with Crippen molar-refractivity contribution in [1.29, 1.82) is 0 Å². The highest BCUT2D eigenvalue weighted by Gasteiger charge is 2.34. The highest BCUT2D eigenvalue weighted by Crippen LogP contribution is 2.30. The molecule has 1 heterocycles. The first kappa shape index (κ1) is 15.6. The molecular formula is C21H21N3O. The third-order valence-electron chi connectivity index (χ3n) is 4.69. The van der Waals surface area contributed by atoms with Crippen molar-refractivity contribution in [2.75, 3.05) is 0 Å². The largest absolute Gasteiger partial charge is 0.331 e. The van der Waals surface area contributed by atoms with E-state index in [1.807, 2.05) is 65.0 Å². The molecular weight excluding hydrogens is 310 g/mol. The molecule has 0 radical (unpaired) electrons. The van der Waals surface area contributed by atoms with Crippen LogP contribution in [0, 0.1) is 6.92 Å². The molecule has 0 spiro atoms. The summed E-state index contributed by atoms with van der Waals surface area (Å²) in [5.74, 6) is 0.0750. The number of hydrogen-bond donors (Lipinski definition) is 0. The summed E-state index contributed by atoms with van der Waals surface area (Å²) in [4.78, 5) is 15.2. The molecule has 4 rings (SSSR count). The normalized spacial score (nSPS) is 13.6. The minimum Gasteiger partial charge on any atom is -0.331 e. The zero-order valence-corrected chi connectivity index (χ0v) is 14.3. The van der Waals surface area contributed by atoms with Gasteiger partial charge in [-0.25, -0.2) is 4.68 Å². The number of carbonyl (C=O) groups is 1. The van der Waals surface area contributed by atoms with Crippen molar-refractivity contribution in [3.05, 3.63) is 83.7 Å². The van der Waals surface area contributed by atoms with Crippen LogP contribution in [-0.4, -0.2) is 26.6 Å². The molecule has 126 valence electrons. The smallest absolute Gasteiger partial charge is 0.257 e. The van der Waals surface area contributed by atoms with E-state index in [9.17, 15) is 4.79 Å². The van der Waals surface area contributed by atoms with Gasteiger partial charge in [0.2, 0.25) is 0 Å². The van der Waals surface area contributed by atoms with Crippen molar-refractivity contribution in [2.45, 2.75) is 32.4 Å². The van der Waals surface area contributed by atoms with E-state index >= 15 is 0 Å². The summed E-state index contributed by atoms with van der Waals surface area (Å²) < 4.78 is 1.83. The van der Waals surface area contributed by atoms with Crippen molar-refractivity contribution in [3.63, 3.8) is 0 Å². The molecule has 4 heteroatoms. The summed E-state index contributed by atoms with van der Waals surface area (Å²) >= 11 is 0. The lowest BCUT2D eigenvalue weighted by Crippen LogP contribution is -2.32. The van der Waals surface area contributed by atoms with Gasteiger partial charge >= 0.3 is 0 Å². The average Bonchev–Trinajstić information content (AvgIpc) is 3.42. The predicted molar refractivity (Wildman–Crippen MR) is 97.6 cm³/mol. The Labute approximate surface area is 147 Å². The van der Waals surface area contributed by atoms with Gasteiger partial charge in [-0.15, -0.1) is 0 Å². The van der Waals surface area contributed by atoms with E-state index in [0.29, 0.717) is 18.2 Å². The third kappa shape index (κ3) is 3.20. The van der Waals surface area contributed by atoms with Crippen molar-refractivity contribution in [2.24, 2.45) is 0 Å². The quantitative estimate of drug-likeness (QED) is 0.709. The second kappa shape index (κ2) is 6.55. The van der Waals surface area contributed by atoms with Crippen LogP contribution < -0.4 is 0 Å². The van der Waals surface area contributed by atoms with Crippen molar-refractivity contribution < 1.29 is 4.79 Å². The number of hydrogen-bond acceptors (Lipinski definition) is 2. The lowest BCUT2D eigenvalue weighted by Gasteiger charge is -2.22. The molecule has 1 aliphatic carbocycles. The van der Waals surface area contributed by atoms with Crippen LogP contribution in [0.25, 0.3) is 5.69 Å². The minimum atomic E-state index is 0.0750. The van der Waals surface area contributed by atoms with Gasteiger partial charge in [-0.1, -0.05) is 48.5 Å². The SMILES string of the molecule is Cc1c(C(=O)N(Cc2ccccc2)C2CC2)cnn1-c1ccccc1. The Hall–Kier alpha value is -2.88. The predicted octanol–water partition coefficient (Wildman–Crippen LogP) is 3.99. The van der Waals surface area contributed by atoms with E-state index in [1.54, 1.807) is 6.20 Å². The second-order valence-corrected chi connectivity index (χ2v) is 6.54. The van der Waals surface area contributed by atoms with E-state index in [2.05, 4.69) is 17.2 Å². The maximum atomic E-state index is 13.2. The fourth-order valence-corrected chi connectivity index (χ4v) is 3.14. The summed E-state index contributed by atoms with van der Waals surface area (Å²) in [7, 11) is 0. The van der Waals surface area contributed by atoms with Gasteiger partial charge in [0.1, 0.15) is 0 Å². The van der Waals surface area contributed by atoms with Crippen LogP contribution >= 0.6 is 0 Å². The highest BCUT2D eigenvalue weighted by molar-refractivity contribution is 5.95. The molecule has 3 aromatic rings. The van der Waals surface area contributed by atoms with E-state index in [4.69, 9.17) is 0 Å². The van der Waals surface area contributed by atoms with Gasteiger partial charge in [0.25, 0.3) is 5.91 Å². The van der Waals surface area contributed by atoms with Crippen LogP contribution in [0.5, 0.6) is 0 Å². The Balaban J connectivity index is 1.62. The molecule has 0 aliphatic heterocycles. The molecule has 1 fully saturated rings. The zero-order chi connectivity index (χ0) is 17.2. The minimum absolute atomic E-state index is 0.0750. The van der Waals surface area contributed by atoms with Crippen LogP contribution in [0.2, 0.25) is 0 Å². The zero-order valence-electron chi connectivity index (χ0n) is 14.3. The maximum absolute atomic E-state index is 13.2. The van der Waals surface area contributed by atoms with Gasteiger partial charge in [-0.05, 0) is 37.5 Å². The van der Waals surface area contributed by atoms with Crippen molar-refractivity contribution in [3.8, 4) is 5.69 Å². The molecule has 0 N–H and O–H groups in total. The third-order valence-corrected chi connectivity index (χ3v) is 4.69. The summed E-state index contributed by atoms with van der Waals surface area (Å²) in [6, 6.07) is 20.5. The number of nitrogens with zero attached hydrogens (tertiary/aromatic N) is 3. The van der Waals surface area contributed by atoms with Gasteiger partial charge < -0.3 is 4.90 Å². The Morgan fingerprint density at radius 1 is 1.08 bits per heavy atom. The Kier molecular flexibility index (Phi) is 4.10. The van der Waals surface area contributed by atoms with Gasteiger partial charge in [-0.2, -0.15) is 5.10 Å². The van der Waals surface area contributed by atoms with Crippen molar-refractivity contribution >= 4 is 5.91 Å². The van der Waals surface area contributed by atoms with Crippen LogP contribution in [0.15, 0.2) is 66.9 Å². The molecule has 0 saturated heterocycles. The van der Waals surface area contributed by atoms with E-state index in [1.165, 1.54) is 0 Å². The Bertz CT molecular complexity index is 867. The number of benzene rings is 2. The van der Waals surface area contributed by atoms with Gasteiger partial charge in [0.15, 0.2) is 0 Å². The molecule has 0 bridgehead atoms. The standard InChI is InChI=1S/C21H21N3O/c1-16-20(14-22-24(16)19-10-6-3-7-11-19)21(25)23(18-12-13-18)15-17-8-4-2-5-9-17/h2-11,14,18H,12-13,15H2,1H3. The number of aromatic nitrogens is 2. The first-order valence-corrected chi connectivity index (χ1v) is 8.69. The molecule has 0 atom stereocenters. The number of amides is 1. The first-order valence-electron chi connectivity index (χ1n) is 8.69. The maximum Gasteiger partial charge on any atom is 0.257 e. The van der Waals surface area contributed by atoms with Crippen LogP contribution in [0.3, 0.4) is 0 Å². The van der Waals surface area contributed by atoms with E-state index in [-0.39, 0.29) is 5.91 Å². The van der Waals surface area contributed by atoms with E-state index < -0.39 is 0 Å². The van der Waals surface area contributed by atoms with Crippen molar-refractivity contribution in [1.82, 2.24) is 14.7 Å². The Morgan fingerprint density at radius 3 is 2.36 bits per heavy atom. The van der Waals surface area contributed by atoms with Gasteiger partial charge in [0.05, 0.1) is 23.1 Å². The van der Waals surface area contributed by atoms with Crippen LogP contribution in [0.4, 0.5) is 0 Å². The number of carbonyl (C=O) groups excluding carboxylic acids is 1. The number of rotatable bonds is 5. The molecule has 2 aromatic carbocycles. The molecule has 4 nitrogen and oxygen atoms in total.